The number of carbonyl (C=O) groups excluding carboxylic acids is 2. The van der Waals surface area contributed by atoms with Gasteiger partial charge < -0.3 is 10.1 Å². The fourth-order valence-corrected chi connectivity index (χ4v) is 2.58. The first-order valence-electron chi connectivity index (χ1n) is 7.09. The number of hydrogen-bond donors (Lipinski definition) is 1. The summed E-state index contributed by atoms with van der Waals surface area (Å²) in [6.45, 7) is 1.52. The maximum atomic E-state index is 12.8. The molecular formula is C18H14ClNO3. The van der Waals surface area contributed by atoms with Crippen LogP contribution in [0.1, 0.15) is 22.8 Å². The zero-order valence-corrected chi connectivity index (χ0v) is 13.2. The lowest BCUT2D eigenvalue weighted by atomic mass is 9.96. The van der Waals surface area contributed by atoms with Crippen LogP contribution in [0.25, 0.3) is 5.70 Å². The summed E-state index contributed by atoms with van der Waals surface area (Å²) in [4.78, 5) is 24.3. The minimum atomic E-state index is -0.238. The van der Waals surface area contributed by atoms with Crippen LogP contribution in [-0.4, -0.2) is 18.3 Å². The van der Waals surface area contributed by atoms with Gasteiger partial charge in [-0.1, -0.05) is 23.7 Å². The molecule has 2 aromatic rings. The number of fused-ring (bicyclic) bond motifs is 1. The van der Waals surface area contributed by atoms with E-state index in [9.17, 15) is 9.59 Å². The van der Waals surface area contributed by atoms with Crippen molar-refractivity contribution in [3.05, 3.63) is 70.3 Å². The van der Waals surface area contributed by atoms with Gasteiger partial charge in [-0.3, -0.25) is 9.59 Å². The van der Waals surface area contributed by atoms with E-state index in [4.69, 9.17) is 16.3 Å². The molecule has 0 aliphatic carbocycles. The summed E-state index contributed by atoms with van der Waals surface area (Å²) >= 11 is 5.86. The molecule has 0 saturated heterocycles. The smallest absolute Gasteiger partial charge is 0.221 e. The number of rotatable bonds is 3. The van der Waals surface area contributed by atoms with E-state index in [0.29, 0.717) is 33.2 Å². The molecule has 0 bridgehead atoms. The van der Waals surface area contributed by atoms with Crippen LogP contribution in [-0.2, 0) is 4.79 Å². The second kappa shape index (κ2) is 6.26. The molecule has 116 valence electrons. The van der Waals surface area contributed by atoms with Crippen molar-refractivity contribution in [2.75, 3.05) is 6.61 Å². The molecule has 23 heavy (non-hydrogen) atoms. The highest BCUT2D eigenvalue weighted by atomic mass is 35.5. The molecular weight excluding hydrogens is 314 g/mol. The summed E-state index contributed by atoms with van der Waals surface area (Å²) in [5.74, 6) is 0.210. The van der Waals surface area contributed by atoms with Crippen molar-refractivity contribution in [3.8, 4) is 5.75 Å². The van der Waals surface area contributed by atoms with Gasteiger partial charge >= 0.3 is 0 Å². The van der Waals surface area contributed by atoms with Gasteiger partial charge in [0.05, 0.1) is 11.3 Å². The lowest BCUT2D eigenvalue weighted by molar-refractivity contribution is -0.117. The van der Waals surface area contributed by atoms with Crippen LogP contribution in [0.5, 0.6) is 5.75 Å². The molecule has 1 aliphatic heterocycles. The van der Waals surface area contributed by atoms with Crippen LogP contribution in [0.15, 0.2) is 54.1 Å². The quantitative estimate of drug-likeness (QED) is 0.878. The number of nitrogens with one attached hydrogen (secondary N) is 1. The fourth-order valence-electron chi connectivity index (χ4n) is 2.46. The van der Waals surface area contributed by atoms with Crippen molar-refractivity contribution in [2.45, 2.75) is 6.92 Å². The number of hydrogen-bond acceptors (Lipinski definition) is 3. The SMILES string of the molecule is CC(=O)NC1=C(C(=O)c2ccc(Cl)cc2)COc2ccccc21. The lowest BCUT2D eigenvalue weighted by Gasteiger charge is -2.23. The maximum Gasteiger partial charge on any atom is 0.221 e. The zero-order valence-electron chi connectivity index (χ0n) is 12.4. The number of Topliss-reactive ketones (excluding diaryl/α,β-unsaturated/α-hetero) is 1. The third kappa shape index (κ3) is 3.12. The van der Waals surface area contributed by atoms with Crippen molar-refractivity contribution in [2.24, 2.45) is 0 Å². The van der Waals surface area contributed by atoms with E-state index >= 15 is 0 Å². The van der Waals surface area contributed by atoms with Crippen LogP contribution in [0, 0.1) is 0 Å². The summed E-state index contributed by atoms with van der Waals surface area (Å²) in [5.41, 5.74) is 2.11. The molecule has 0 fully saturated rings. The number of para-hydroxylation sites is 1. The largest absolute Gasteiger partial charge is 0.488 e. The van der Waals surface area contributed by atoms with E-state index in [-0.39, 0.29) is 18.3 Å². The Morgan fingerprint density at radius 1 is 1.09 bits per heavy atom. The molecule has 0 aromatic heterocycles. The number of carbonyl (C=O) groups is 2. The standard InChI is InChI=1S/C18H14ClNO3/c1-11(21)20-17-14-4-2-3-5-16(14)23-10-15(17)18(22)12-6-8-13(19)9-7-12/h2-9H,10H2,1H3,(H,20,21). The van der Waals surface area contributed by atoms with Gasteiger partial charge in [0.2, 0.25) is 5.91 Å². The zero-order chi connectivity index (χ0) is 16.4. The predicted molar refractivity (Wildman–Crippen MR) is 88.5 cm³/mol. The highest BCUT2D eigenvalue weighted by molar-refractivity contribution is 6.30. The lowest BCUT2D eigenvalue weighted by Crippen LogP contribution is -2.27. The van der Waals surface area contributed by atoms with Gasteiger partial charge in [-0.15, -0.1) is 0 Å². The van der Waals surface area contributed by atoms with E-state index in [2.05, 4.69) is 5.32 Å². The number of amides is 1. The summed E-state index contributed by atoms with van der Waals surface area (Å²) in [7, 11) is 0. The Labute approximate surface area is 138 Å². The predicted octanol–water partition coefficient (Wildman–Crippen LogP) is 3.46. The third-order valence-corrected chi connectivity index (χ3v) is 3.76. The monoisotopic (exact) mass is 327 g/mol. The second-order valence-electron chi connectivity index (χ2n) is 5.16. The van der Waals surface area contributed by atoms with Gasteiger partial charge in [-0.25, -0.2) is 0 Å². The molecule has 3 rings (SSSR count). The Morgan fingerprint density at radius 3 is 2.48 bits per heavy atom. The highest BCUT2D eigenvalue weighted by Gasteiger charge is 2.26. The molecule has 2 aromatic carbocycles. The summed E-state index contributed by atoms with van der Waals surface area (Å²) in [6, 6.07) is 13.9. The second-order valence-corrected chi connectivity index (χ2v) is 5.59. The molecule has 0 unspecified atom stereocenters. The van der Waals surface area contributed by atoms with E-state index in [1.54, 1.807) is 30.3 Å². The van der Waals surface area contributed by atoms with E-state index in [1.807, 2.05) is 18.2 Å². The molecule has 5 heteroatoms. The number of ether oxygens (including phenoxy) is 1. The summed E-state index contributed by atoms with van der Waals surface area (Å²) < 4.78 is 5.66. The Hall–Kier alpha value is -2.59. The Morgan fingerprint density at radius 2 is 1.78 bits per heavy atom. The van der Waals surface area contributed by atoms with E-state index < -0.39 is 0 Å². The minimum Gasteiger partial charge on any atom is -0.488 e. The Balaban J connectivity index is 2.09. The first kappa shape index (κ1) is 15.3. The third-order valence-electron chi connectivity index (χ3n) is 3.51. The minimum absolute atomic E-state index is 0.105. The molecule has 1 aliphatic rings. The molecule has 0 atom stereocenters. The summed E-state index contributed by atoms with van der Waals surface area (Å²) in [6.07, 6.45) is 0. The highest BCUT2D eigenvalue weighted by Crippen LogP contribution is 2.32. The number of benzene rings is 2. The molecule has 0 radical (unpaired) electrons. The van der Waals surface area contributed by atoms with Crippen LogP contribution in [0.2, 0.25) is 5.02 Å². The molecule has 0 spiro atoms. The van der Waals surface area contributed by atoms with Gasteiger partial charge in [0.1, 0.15) is 12.4 Å². The first-order chi connectivity index (χ1) is 11.1. The average molecular weight is 328 g/mol. The fraction of sp³-hybridized carbons (Fsp3) is 0.111. The van der Waals surface area contributed by atoms with Crippen LogP contribution < -0.4 is 10.1 Å². The van der Waals surface area contributed by atoms with E-state index in [1.165, 1.54) is 6.92 Å². The maximum absolute atomic E-state index is 12.8. The van der Waals surface area contributed by atoms with Gasteiger partial charge in [0, 0.05) is 23.1 Å². The van der Waals surface area contributed by atoms with E-state index in [0.717, 1.165) is 0 Å². The molecule has 1 heterocycles. The van der Waals surface area contributed by atoms with Gasteiger partial charge in [-0.2, -0.15) is 0 Å². The van der Waals surface area contributed by atoms with Crippen molar-refractivity contribution in [3.63, 3.8) is 0 Å². The van der Waals surface area contributed by atoms with Crippen molar-refractivity contribution < 1.29 is 14.3 Å². The normalized spacial score (nSPS) is 13.1. The Bertz CT molecular complexity index is 809. The van der Waals surface area contributed by atoms with Gasteiger partial charge in [0.25, 0.3) is 0 Å². The first-order valence-corrected chi connectivity index (χ1v) is 7.47. The van der Waals surface area contributed by atoms with Crippen LogP contribution in [0.3, 0.4) is 0 Å². The van der Waals surface area contributed by atoms with Gasteiger partial charge in [0.15, 0.2) is 5.78 Å². The van der Waals surface area contributed by atoms with Crippen LogP contribution in [0.4, 0.5) is 0 Å². The van der Waals surface area contributed by atoms with Gasteiger partial charge in [-0.05, 0) is 36.4 Å². The summed E-state index contributed by atoms with van der Waals surface area (Å²) in [5, 5.41) is 3.32. The molecule has 1 amide bonds. The Kier molecular flexibility index (Phi) is 4.17. The number of halogens is 1. The molecule has 1 N–H and O–H groups in total. The van der Waals surface area contributed by atoms with Crippen molar-refractivity contribution >= 4 is 29.0 Å². The van der Waals surface area contributed by atoms with Crippen molar-refractivity contribution in [1.82, 2.24) is 5.32 Å². The number of ketones is 1. The topological polar surface area (TPSA) is 55.4 Å². The van der Waals surface area contributed by atoms with Crippen molar-refractivity contribution in [1.29, 1.82) is 0 Å². The molecule has 0 saturated carbocycles. The molecule has 4 nitrogen and oxygen atoms in total. The average Bonchev–Trinajstić information content (AvgIpc) is 2.55. The van der Waals surface area contributed by atoms with Crippen LogP contribution >= 0.6 is 11.6 Å².